The van der Waals surface area contributed by atoms with Crippen LogP contribution in [0.3, 0.4) is 0 Å². The molecule has 0 saturated heterocycles. The maximum Gasteiger partial charge on any atom is 0.0553 e. The van der Waals surface area contributed by atoms with Crippen LogP contribution in [0.25, 0.3) is 0 Å². The van der Waals surface area contributed by atoms with Gasteiger partial charge in [-0.3, -0.25) is 0 Å². The fraction of sp³-hybridized carbons (Fsp3) is 1.00. The number of hydrogen-bond acceptors (Lipinski definition) is 2. The van der Waals surface area contributed by atoms with E-state index in [1.165, 1.54) is 0 Å². The molecule has 0 heterocycles. The summed E-state index contributed by atoms with van der Waals surface area (Å²) in [6, 6.07) is 0. The van der Waals surface area contributed by atoms with Gasteiger partial charge < -0.3 is 10.8 Å². The van der Waals surface area contributed by atoms with Crippen molar-refractivity contribution in [1.29, 1.82) is 0 Å². The summed E-state index contributed by atoms with van der Waals surface area (Å²) in [4.78, 5) is 0. The largest absolute Gasteiger partial charge is 0.395 e. The molecule has 0 rings (SSSR count). The van der Waals surface area contributed by atoms with Crippen molar-refractivity contribution in [1.82, 2.24) is 0 Å². The quantitative estimate of drug-likeness (QED) is 0.429. The van der Waals surface area contributed by atoms with Gasteiger partial charge in [-0.25, -0.2) is 0 Å². The Labute approximate surface area is 41.8 Å². The Morgan fingerprint density at radius 2 is 1.80 bits per heavy atom. The van der Waals surface area contributed by atoms with Crippen molar-refractivity contribution in [3.8, 4) is 0 Å². The van der Waals surface area contributed by atoms with Gasteiger partial charge in [0.05, 0.1) is 6.61 Å². The summed E-state index contributed by atoms with van der Waals surface area (Å²) in [5.74, 6) is 0. The molecule has 0 saturated carbocycles. The van der Waals surface area contributed by atoms with Gasteiger partial charge in [-0.1, -0.05) is 0 Å². The van der Waals surface area contributed by atoms with E-state index in [2.05, 4.69) is 0 Å². The molecule has 0 atom stereocenters. The molecule has 0 aliphatic carbocycles. The molecule has 0 amide bonds. The first-order valence-corrected chi connectivity index (χ1v) is 1.22. The molecule has 0 aliphatic rings. The number of aliphatic hydroxyl groups is 1. The molecular weight excluding hydrogens is 110 g/mol. The third kappa shape index (κ3) is 12.8. The smallest absolute Gasteiger partial charge is 0.0553 e. The van der Waals surface area contributed by atoms with Crippen molar-refractivity contribution in [3.05, 3.63) is 0 Å². The van der Waals surface area contributed by atoms with Crippen LogP contribution in [-0.4, -0.2) is 18.3 Å². The maximum atomic E-state index is 7.75. The average molecular weight is 117 g/mol. The zero-order valence-corrected chi connectivity index (χ0v) is 3.90. The van der Waals surface area contributed by atoms with Crippen molar-refractivity contribution in [2.75, 3.05) is 13.2 Å². The van der Waals surface area contributed by atoms with E-state index in [4.69, 9.17) is 10.8 Å². The zero-order chi connectivity index (χ0) is 3.41. The van der Waals surface area contributed by atoms with Crippen molar-refractivity contribution in [3.63, 3.8) is 0 Å². The first-order chi connectivity index (χ1) is 1.91. The average Bonchev–Trinajstić information content (AvgIpc) is 1.37. The minimum absolute atomic E-state index is 0. The van der Waals surface area contributed by atoms with Crippen molar-refractivity contribution < 1.29 is 22.2 Å². The van der Waals surface area contributed by atoms with E-state index in [9.17, 15) is 0 Å². The first-order valence-electron chi connectivity index (χ1n) is 1.22. The van der Waals surface area contributed by atoms with Crippen LogP contribution >= 0.6 is 0 Å². The topological polar surface area (TPSA) is 46.2 Å². The fourth-order valence-electron chi connectivity index (χ4n) is 0. The molecule has 0 spiro atoms. The van der Waals surface area contributed by atoms with E-state index in [1.807, 2.05) is 0 Å². The van der Waals surface area contributed by atoms with Gasteiger partial charge in [-0.05, 0) is 0 Å². The SMILES string of the molecule is NCCO.[Fe]. The maximum absolute atomic E-state index is 7.75. The van der Waals surface area contributed by atoms with E-state index in [0.717, 1.165) is 0 Å². The van der Waals surface area contributed by atoms with E-state index in [1.54, 1.807) is 0 Å². The molecular formula is C2H7FeNO. The Morgan fingerprint density at radius 1 is 1.60 bits per heavy atom. The third-order valence-corrected chi connectivity index (χ3v) is 0.129. The van der Waals surface area contributed by atoms with Gasteiger partial charge in [0.2, 0.25) is 0 Å². The Balaban J connectivity index is 0. The fourth-order valence-corrected chi connectivity index (χ4v) is 0. The van der Waals surface area contributed by atoms with Gasteiger partial charge in [0, 0.05) is 23.6 Å². The standard InChI is InChI=1S/C2H7NO.Fe/c3-1-2-4;/h4H,1-3H2;. The van der Waals surface area contributed by atoms with Crippen LogP contribution in [0.1, 0.15) is 0 Å². The minimum atomic E-state index is 0. The van der Waals surface area contributed by atoms with Gasteiger partial charge in [0.25, 0.3) is 0 Å². The molecule has 3 N–H and O–H groups in total. The van der Waals surface area contributed by atoms with Crippen LogP contribution in [0.4, 0.5) is 0 Å². The summed E-state index contributed by atoms with van der Waals surface area (Å²) in [5.41, 5.74) is 4.78. The van der Waals surface area contributed by atoms with Gasteiger partial charge in [-0.2, -0.15) is 0 Å². The third-order valence-electron chi connectivity index (χ3n) is 0.129. The molecule has 2 nitrogen and oxygen atoms in total. The van der Waals surface area contributed by atoms with Crippen molar-refractivity contribution in [2.24, 2.45) is 5.73 Å². The molecule has 0 aromatic heterocycles. The Kier molecular flexibility index (Phi) is 16.0. The molecule has 0 aliphatic heterocycles. The minimum Gasteiger partial charge on any atom is -0.395 e. The second kappa shape index (κ2) is 8.83. The second-order valence-corrected chi connectivity index (χ2v) is 0.512. The molecule has 0 aromatic rings. The van der Waals surface area contributed by atoms with E-state index in [0.29, 0.717) is 6.54 Å². The molecule has 0 unspecified atom stereocenters. The molecule has 0 fully saturated rings. The van der Waals surface area contributed by atoms with E-state index in [-0.39, 0.29) is 23.7 Å². The summed E-state index contributed by atoms with van der Waals surface area (Å²) < 4.78 is 0. The van der Waals surface area contributed by atoms with Crippen LogP contribution in [0.5, 0.6) is 0 Å². The van der Waals surface area contributed by atoms with Crippen LogP contribution < -0.4 is 5.73 Å². The van der Waals surface area contributed by atoms with Crippen LogP contribution in [-0.2, 0) is 17.1 Å². The van der Waals surface area contributed by atoms with Gasteiger partial charge in [-0.15, -0.1) is 0 Å². The molecule has 0 radical (unpaired) electrons. The van der Waals surface area contributed by atoms with E-state index >= 15 is 0 Å². The number of hydrogen-bond donors (Lipinski definition) is 2. The number of rotatable bonds is 1. The predicted molar refractivity (Wildman–Crippen MR) is 16.1 cm³/mol. The summed E-state index contributed by atoms with van der Waals surface area (Å²) in [7, 11) is 0. The van der Waals surface area contributed by atoms with Gasteiger partial charge in [0.1, 0.15) is 0 Å². The number of aliphatic hydroxyl groups excluding tert-OH is 1. The van der Waals surface area contributed by atoms with Crippen LogP contribution in [0.15, 0.2) is 0 Å². The van der Waals surface area contributed by atoms with Crippen molar-refractivity contribution in [2.45, 2.75) is 0 Å². The number of nitrogens with two attached hydrogens (primary N) is 1. The molecule has 34 valence electrons. The molecule has 0 aromatic carbocycles. The van der Waals surface area contributed by atoms with Crippen molar-refractivity contribution >= 4 is 0 Å². The zero-order valence-electron chi connectivity index (χ0n) is 2.79. The summed E-state index contributed by atoms with van der Waals surface area (Å²) >= 11 is 0. The van der Waals surface area contributed by atoms with Gasteiger partial charge >= 0.3 is 0 Å². The Hall–Kier alpha value is 0.439. The normalized spacial score (nSPS) is 6.00. The second-order valence-electron chi connectivity index (χ2n) is 0.512. The summed E-state index contributed by atoms with van der Waals surface area (Å²) in [6.07, 6.45) is 0. The monoisotopic (exact) mass is 117 g/mol. The molecule has 5 heavy (non-hydrogen) atoms. The predicted octanol–water partition coefficient (Wildman–Crippen LogP) is -1.07. The summed E-state index contributed by atoms with van der Waals surface area (Å²) in [6.45, 7) is 0.472. The van der Waals surface area contributed by atoms with Gasteiger partial charge in [0.15, 0.2) is 0 Å². The first kappa shape index (κ1) is 9.06. The van der Waals surface area contributed by atoms with Crippen LogP contribution in [0.2, 0.25) is 0 Å². The molecule has 3 heteroatoms. The van der Waals surface area contributed by atoms with E-state index < -0.39 is 0 Å². The molecule has 0 bridgehead atoms. The van der Waals surface area contributed by atoms with Crippen LogP contribution in [0, 0.1) is 0 Å². The Bertz CT molecular complexity index is 11.6. The Morgan fingerprint density at radius 3 is 1.80 bits per heavy atom. The summed E-state index contributed by atoms with van der Waals surface area (Å²) in [5, 5.41) is 7.75.